The zero-order valence-electron chi connectivity index (χ0n) is 21.7. The van der Waals surface area contributed by atoms with E-state index in [9.17, 15) is 10.1 Å². The molecule has 1 N–H and O–H groups in total. The van der Waals surface area contributed by atoms with Gasteiger partial charge in [-0.25, -0.2) is 9.97 Å². The maximum absolute atomic E-state index is 11.4. The molecule has 2 aliphatic rings. The van der Waals surface area contributed by atoms with E-state index in [1.807, 2.05) is 19.1 Å². The van der Waals surface area contributed by atoms with Crippen LogP contribution in [0.5, 0.6) is 0 Å². The summed E-state index contributed by atoms with van der Waals surface area (Å²) >= 11 is 8.20. The summed E-state index contributed by atoms with van der Waals surface area (Å²) in [5, 5.41) is 14.0. The number of fused-ring (bicyclic) bond motifs is 1. The number of rotatable bonds is 6. The second-order valence-electron chi connectivity index (χ2n) is 11.1. The van der Waals surface area contributed by atoms with Gasteiger partial charge in [0.15, 0.2) is 0 Å². The third-order valence-corrected chi connectivity index (χ3v) is 8.82. The highest BCUT2D eigenvalue weighted by Crippen LogP contribution is 2.39. The van der Waals surface area contributed by atoms with Crippen LogP contribution in [0.4, 0.5) is 0 Å². The lowest BCUT2D eigenvalue weighted by atomic mass is 9.93. The van der Waals surface area contributed by atoms with E-state index in [-0.39, 0.29) is 17.6 Å². The molecule has 2 fully saturated rings. The second-order valence-corrected chi connectivity index (χ2v) is 12.7. The van der Waals surface area contributed by atoms with Crippen LogP contribution in [0.25, 0.3) is 21.5 Å². The van der Waals surface area contributed by atoms with Gasteiger partial charge in [0.05, 0.1) is 33.7 Å². The molecule has 0 radical (unpaired) electrons. The molecule has 9 heteroatoms. The average molecular weight is 538 g/mol. The molecule has 3 atom stereocenters. The summed E-state index contributed by atoms with van der Waals surface area (Å²) < 4.78 is 7.38. The molecular weight excluding hydrogens is 506 g/mol. The van der Waals surface area contributed by atoms with Crippen LogP contribution in [-0.4, -0.2) is 58.0 Å². The van der Waals surface area contributed by atoms with Crippen LogP contribution < -0.4 is 5.32 Å². The summed E-state index contributed by atoms with van der Waals surface area (Å²) in [5.41, 5.74) is 4.14. The number of ether oxygens (including phenoxy) is 1. The van der Waals surface area contributed by atoms with Gasteiger partial charge in [-0.2, -0.15) is 5.26 Å². The number of morpholine rings is 1. The van der Waals surface area contributed by atoms with Crippen molar-refractivity contribution in [1.29, 1.82) is 5.26 Å². The molecule has 2 aliphatic heterocycles. The molecule has 1 aromatic carbocycles. The Morgan fingerprint density at radius 3 is 2.86 bits per heavy atom. The maximum atomic E-state index is 11.4. The van der Waals surface area contributed by atoms with Crippen molar-refractivity contribution in [3.8, 4) is 17.3 Å². The molecule has 0 bridgehead atoms. The summed E-state index contributed by atoms with van der Waals surface area (Å²) in [6.45, 7) is 11.0. The minimum atomic E-state index is -0.657. The van der Waals surface area contributed by atoms with Crippen molar-refractivity contribution in [2.45, 2.75) is 64.3 Å². The summed E-state index contributed by atoms with van der Waals surface area (Å²) in [4.78, 5) is 23.9. The van der Waals surface area contributed by atoms with Crippen LogP contribution in [0.2, 0.25) is 5.02 Å². The number of aldehydes is 1. The fourth-order valence-electron chi connectivity index (χ4n) is 5.66. The molecule has 0 aliphatic carbocycles. The second kappa shape index (κ2) is 10.0. The average Bonchev–Trinajstić information content (AvgIpc) is 3.40. The van der Waals surface area contributed by atoms with Gasteiger partial charge in [-0.3, -0.25) is 4.90 Å². The fraction of sp³-hybridized carbons (Fsp3) is 0.500. The minimum Gasteiger partial charge on any atom is -0.369 e. The normalized spacial score (nSPS) is 25.8. The summed E-state index contributed by atoms with van der Waals surface area (Å²) in [6.07, 6.45) is 3.93. The highest BCUT2D eigenvalue weighted by atomic mass is 35.5. The Morgan fingerprint density at radius 2 is 2.14 bits per heavy atom. The predicted octanol–water partition coefficient (Wildman–Crippen LogP) is 4.93. The molecule has 0 saturated carbocycles. The van der Waals surface area contributed by atoms with E-state index in [0.29, 0.717) is 24.5 Å². The molecular formula is C28H32ClN5O2S. The van der Waals surface area contributed by atoms with Gasteiger partial charge in [0.25, 0.3) is 0 Å². The number of thiophene rings is 1. The van der Waals surface area contributed by atoms with Gasteiger partial charge in [0, 0.05) is 54.0 Å². The number of nitriles is 1. The zero-order chi connectivity index (χ0) is 26.4. The Kier molecular flexibility index (Phi) is 7.12. The van der Waals surface area contributed by atoms with Gasteiger partial charge in [0.1, 0.15) is 18.2 Å². The molecule has 2 saturated heterocycles. The van der Waals surface area contributed by atoms with E-state index in [1.165, 1.54) is 5.56 Å². The van der Waals surface area contributed by atoms with Crippen LogP contribution in [0, 0.1) is 24.2 Å². The van der Waals surface area contributed by atoms with Crippen LogP contribution in [0.15, 0.2) is 24.5 Å². The van der Waals surface area contributed by atoms with Gasteiger partial charge >= 0.3 is 0 Å². The van der Waals surface area contributed by atoms with E-state index in [4.69, 9.17) is 21.3 Å². The van der Waals surface area contributed by atoms with Gasteiger partial charge in [-0.1, -0.05) is 11.6 Å². The van der Waals surface area contributed by atoms with Gasteiger partial charge < -0.3 is 14.8 Å². The first-order chi connectivity index (χ1) is 17.6. The Labute approximate surface area is 226 Å². The lowest BCUT2D eigenvalue weighted by Gasteiger charge is -2.37. The largest absolute Gasteiger partial charge is 0.369 e. The summed E-state index contributed by atoms with van der Waals surface area (Å²) in [6, 6.07) is 8.49. The zero-order valence-corrected chi connectivity index (χ0v) is 23.2. The maximum Gasteiger partial charge on any atom is 0.124 e. The van der Waals surface area contributed by atoms with E-state index < -0.39 is 5.54 Å². The number of halogens is 1. The predicted molar refractivity (Wildman–Crippen MR) is 147 cm³/mol. The van der Waals surface area contributed by atoms with Crippen molar-refractivity contribution in [3.05, 3.63) is 45.6 Å². The first kappa shape index (κ1) is 26.2. The molecule has 37 heavy (non-hydrogen) atoms. The van der Waals surface area contributed by atoms with Crippen LogP contribution in [-0.2, 0) is 22.5 Å². The number of carbonyl (C=O) groups excluding carboxylic acids is 1. The van der Waals surface area contributed by atoms with Crippen molar-refractivity contribution < 1.29 is 9.53 Å². The van der Waals surface area contributed by atoms with E-state index >= 15 is 0 Å². The number of likely N-dealkylation sites (tertiary alicyclic amines) is 1. The Bertz CT molecular complexity index is 1380. The van der Waals surface area contributed by atoms with Crippen molar-refractivity contribution in [3.63, 3.8) is 0 Å². The first-order valence-electron chi connectivity index (χ1n) is 12.6. The first-order valence-corrected chi connectivity index (χ1v) is 13.8. The molecule has 3 unspecified atom stereocenters. The number of aryl methyl sites for hydroxylation is 1. The molecule has 194 valence electrons. The van der Waals surface area contributed by atoms with Crippen LogP contribution in [0.3, 0.4) is 0 Å². The fourth-order valence-corrected chi connectivity index (χ4v) is 7.06. The minimum absolute atomic E-state index is 0.0446. The number of nitrogens with one attached hydrogen (secondary N) is 1. The smallest absolute Gasteiger partial charge is 0.124 e. The van der Waals surface area contributed by atoms with Crippen LogP contribution >= 0.6 is 22.9 Å². The van der Waals surface area contributed by atoms with E-state index in [1.54, 1.807) is 17.7 Å². The monoisotopic (exact) mass is 537 g/mol. The molecule has 7 nitrogen and oxygen atoms in total. The van der Waals surface area contributed by atoms with Crippen molar-refractivity contribution in [2.24, 2.45) is 5.92 Å². The number of aromatic nitrogens is 2. The molecule has 4 heterocycles. The molecule has 5 rings (SSSR count). The number of benzene rings is 1. The Morgan fingerprint density at radius 1 is 1.32 bits per heavy atom. The third kappa shape index (κ3) is 5.29. The SMILES string of the molecule is Cc1cc(Cl)cc(-c2ncnc3cc(CN4CC(C=O)CC4(C)C#N)sc23)c1CC1CNCC(C)(C)O1. The number of hydrogen-bond acceptors (Lipinski definition) is 8. The Hall–Kier alpha value is -2.41. The standard InChI is InChI=1S/C28H32ClN5O2S/c1-17-5-19(29)6-23(22(17)7-20-10-31-15-27(2,3)36-20)25-26-24(32-16-33-25)8-21(37-26)12-34-11-18(13-35)9-28(34,4)14-30/h5-6,8,13,16,18,20,31H,7,9-12,15H2,1-4H3. The van der Waals surface area contributed by atoms with Gasteiger partial charge in [-0.05, 0) is 63.4 Å². The highest BCUT2D eigenvalue weighted by molar-refractivity contribution is 7.19. The van der Waals surface area contributed by atoms with Crippen molar-refractivity contribution in [2.75, 3.05) is 19.6 Å². The van der Waals surface area contributed by atoms with Crippen molar-refractivity contribution >= 4 is 39.4 Å². The van der Waals surface area contributed by atoms with Gasteiger partial charge in [0.2, 0.25) is 0 Å². The van der Waals surface area contributed by atoms with Crippen LogP contribution in [0.1, 0.15) is 43.2 Å². The van der Waals surface area contributed by atoms with E-state index in [2.05, 4.69) is 48.1 Å². The molecule has 2 aromatic heterocycles. The Balaban J connectivity index is 1.51. The lowest BCUT2D eigenvalue weighted by Crippen LogP contribution is -2.51. The molecule has 0 amide bonds. The lowest BCUT2D eigenvalue weighted by molar-refractivity contribution is -0.110. The summed E-state index contributed by atoms with van der Waals surface area (Å²) in [5.74, 6) is -0.118. The molecule has 0 spiro atoms. The quantitative estimate of drug-likeness (QED) is 0.446. The van der Waals surface area contributed by atoms with Gasteiger partial charge in [-0.15, -0.1) is 11.3 Å². The number of hydrogen-bond donors (Lipinski definition) is 1. The topological polar surface area (TPSA) is 91.1 Å². The summed E-state index contributed by atoms with van der Waals surface area (Å²) in [7, 11) is 0. The van der Waals surface area contributed by atoms with E-state index in [0.717, 1.165) is 57.7 Å². The number of carbonyl (C=O) groups is 1. The highest BCUT2D eigenvalue weighted by Gasteiger charge is 2.42. The van der Waals surface area contributed by atoms with Crippen molar-refractivity contribution in [1.82, 2.24) is 20.2 Å². The number of nitrogens with zero attached hydrogens (tertiary/aromatic N) is 4. The third-order valence-electron chi connectivity index (χ3n) is 7.49. The molecule has 3 aromatic rings.